The van der Waals surface area contributed by atoms with Gasteiger partial charge in [0, 0.05) is 0 Å². The van der Waals surface area contributed by atoms with E-state index in [1.54, 1.807) is 19.1 Å². The zero-order chi connectivity index (χ0) is 20.8. The van der Waals surface area contributed by atoms with Crippen molar-refractivity contribution < 1.29 is 13.5 Å². The van der Waals surface area contributed by atoms with Crippen LogP contribution in [0.25, 0.3) is 0 Å². The van der Waals surface area contributed by atoms with Crippen LogP contribution in [0.2, 0.25) is 0 Å². The monoisotopic (exact) mass is 406 g/mol. The van der Waals surface area contributed by atoms with Gasteiger partial charge in [-0.25, -0.2) is 4.39 Å². The van der Waals surface area contributed by atoms with E-state index in [0.29, 0.717) is 12.2 Å². The van der Waals surface area contributed by atoms with E-state index in [9.17, 15) is 8.78 Å². The summed E-state index contributed by atoms with van der Waals surface area (Å²) in [4.78, 5) is 0. The first-order valence-corrected chi connectivity index (χ1v) is 12.2. The summed E-state index contributed by atoms with van der Waals surface area (Å²) in [6.07, 6.45) is 14.0. The van der Waals surface area contributed by atoms with Crippen LogP contribution in [0.15, 0.2) is 12.1 Å². The maximum absolute atomic E-state index is 14.6. The Morgan fingerprint density at radius 3 is 2.10 bits per heavy atom. The summed E-state index contributed by atoms with van der Waals surface area (Å²) in [6.45, 7) is 6.88. The third-order valence-corrected chi connectivity index (χ3v) is 7.93. The summed E-state index contributed by atoms with van der Waals surface area (Å²) in [5.74, 6) is 2.02. The minimum absolute atomic E-state index is 0.0330. The van der Waals surface area contributed by atoms with E-state index in [1.165, 1.54) is 44.9 Å². The van der Waals surface area contributed by atoms with E-state index >= 15 is 0 Å². The Balaban J connectivity index is 1.51. The van der Waals surface area contributed by atoms with Gasteiger partial charge in [-0.1, -0.05) is 52.0 Å². The molecule has 0 saturated heterocycles. The number of ether oxygens (including phenoxy) is 1. The molecule has 1 atom stereocenters. The highest BCUT2D eigenvalue weighted by molar-refractivity contribution is 5.33. The summed E-state index contributed by atoms with van der Waals surface area (Å²) in [5.41, 5.74) is 0.550. The molecule has 1 aromatic carbocycles. The van der Waals surface area contributed by atoms with E-state index in [-0.39, 0.29) is 11.7 Å². The molecule has 29 heavy (non-hydrogen) atoms. The molecular weight excluding hydrogens is 366 g/mol. The largest absolute Gasteiger partial charge is 0.491 e. The van der Waals surface area contributed by atoms with Crippen molar-refractivity contribution in [2.45, 2.75) is 97.3 Å². The van der Waals surface area contributed by atoms with Gasteiger partial charge in [-0.05, 0) is 86.7 Å². The lowest BCUT2D eigenvalue weighted by Gasteiger charge is -2.39. The first-order valence-electron chi connectivity index (χ1n) is 12.2. The average Bonchev–Trinajstić information content (AvgIpc) is 2.76. The van der Waals surface area contributed by atoms with Crippen LogP contribution in [0.4, 0.5) is 8.78 Å². The molecule has 2 aliphatic rings. The van der Waals surface area contributed by atoms with Crippen molar-refractivity contribution >= 4 is 0 Å². The lowest BCUT2D eigenvalue weighted by Crippen LogP contribution is -2.28. The van der Waals surface area contributed by atoms with Gasteiger partial charge in [0.2, 0.25) is 5.82 Å². The number of unbranched alkanes of at least 4 members (excludes halogenated alkanes) is 1. The third kappa shape index (κ3) is 5.52. The molecule has 2 saturated carbocycles. The number of rotatable bonds is 8. The van der Waals surface area contributed by atoms with Gasteiger partial charge in [0.05, 0.1) is 6.61 Å². The van der Waals surface area contributed by atoms with Crippen molar-refractivity contribution in [3.63, 3.8) is 0 Å². The standard InChI is InChI=1S/C26H40F2O/c1-4-6-7-19-8-10-20(11-9-19)18(3)21-12-14-22(15-13-21)23-16-17-24(29-5-2)26(28)25(23)27/h16-22H,4-15H2,1-3H3. The smallest absolute Gasteiger partial charge is 0.200 e. The van der Waals surface area contributed by atoms with Gasteiger partial charge in [-0.2, -0.15) is 4.39 Å². The van der Waals surface area contributed by atoms with E-state index in [0.717, 1.165) is 49.4 Å². The number of halogens is 2. The van der Waals surface area contributed by atoms with Crippen LogP contribution in [0.1, 0.15) is 103 Å². The highest BCUT2D eigenvalue weighted by Crippen LogP contribution is 2.45. The van der Waals surface area contributed by atoms with Crippen LogP contribution in [0.3, 0.4) is 0 Å². The second-order valence-corrected chi connectivity index (χ2v) is 9.61. The second-order valence-electron chi connectivity index (χ2n) is 9.61. The van der Waals surface area contributed by atoms with Gasteiger partial charge >= 0.3 is 0 Å². The minimum atomic E-state index is -0.820. The molecule has 0 radical (unpaired) electrons. The molecule has 3 rings (SSSR count). The summed E-state index contributed by atoms with van der Waals surface area (Å²) in [6, 6.07) is 3.35. The van der Waals surface area contributed by atoms with Crippen molar-refractivity contribution in [3.8, 4) is 5.75 Å². The van der Waals surface area contributed by atoms with Crippen LogP contribution < -0.4 is 4.74 Å². The fourth-order valence-corrected chi connectivity index (χ4v) is 5.97. The van der Waals surface area contributed by atoms with Gasteiger partial charge < -0.3 is 4.74 Å². The maximum atomic E-state index is 14.6. The van der Waals surface area contributed by atoms with Crippen molar-refractivity contribution in [1.29, 1.82) is 0 Å². The SMILES string of the molecule is CCCCC1CCC(C(C)C2CCC(c3ccc(OCC)c(F)c3F)CC2)CC1. The number of benzene rings is 1. The molecule has 1 nitrogen and oxygen atoms in total. The van der Waals surface area contributed by atoms with Crippen LogP contribution in [0, 0.1) is 35.3 Å². The number of hydrogen-bond acceptors (Lipinski definition) is 1. The quantitative estimate of drug-likeness (QED) is 0.422. The highest BCUT2D eigenvalue weighted by atomic mass is 19.2. The van der Waals surface area contributed by atoms with Crippen molar-refractivity contribution in [1.82, 2.24) is 0 Å². The van der Waals surface area contributed by atoms with Crippen LogP contribution in [-0.2, 0) is 0 Å². The Kier molecular flexibility index (Phi) is 8.38. The van der Waals surface area contributed by atoms with Crippen LogP contribution >= 0.6 is 0 Å². The summed E-state index contributed by atoms with van der Waals surface area (Å²) in [7, 11) is 0. The van der Waals surface area contributed by atoms with E-state index in [4.69, 9.17) is 4.74 Å². The molecule has 3 heteroatoms. The molecule has 0 heterocycles. The highest BCUT2D eigenvalue weighted by Gasteiger charge is 2.33. The summed E-state index contributed by atoms with van der Waals surface area (Å²) < 4.78 is 34.0. The normalized spacial score (nSPS) is 28.9. The van der Waals surface area contributed by atoms with E-state index in [2.05, 4.69) is 13.8 Å². The maximum Gasteiger partial charge on any atom is 0.200 e. The fraction of sp³-hybridized carbons (Fsp3) is 0.769. The number of hydrogen-bond donors (Lipinski definition) is 0. The molecule has 0 aliphatic heterocycles. The molecule has 1 aromatic rings. The molecule has 0 bridgehead atoms. The molecular formula is C26H40F2O. The zero-order valence-corrected chi connectivity index (χ0v) is 18.7. The van der Waals surface area contributed by atoms with Crippen molar-refractivity contribution in [3.05, 3.63) is 29.3 Å². The van der Waals surface area contributed by atoms with Crippen molar-refractivity contribution in [2.24, 2.45) is 23.7 Å². The van der Waals surface area contributed by atoms with Gasteiger partial charge in [0.15, 0.2) is 11.6 Å². The zero-order valence-electron chi connectivity index (χ0n) is 18.7. The van der Waals surface area contributed by atoms with Gasteiger partial charge in [0.25, 0.3) is 0 Å². The topological polar surface area (TPSA) is 9.23 Å². The third-order valence-electron chi connectivity index (χ3n) is 7.93. The van der Waals surface area contributed by atoms with Gasteiger partial charge in [-0.3, -0.25) is 0 Å². The molecule has 0 N–H and O–H groups in total. The lowest BCUT2D eigenvalue weighted by atomic mass is 9.66. The van der Waals surface area contributed by atoms with Crippen LogP contribution in [-0.4, -0.2) is 6.61 Å². The minimum Gasteiger partial charge on any atom is -0.491 e. The Hall–Kier alpha value is -1.12. The average molecular weight is 407 g/mol. The Morgan fingerprint density at radius 2 is 1.52 bits per heavy atom. The van der Waals surface area contributed by atoms with Gasteiger partial charge in [-0.15, -0.1) is 0 Å². The molecule has 2 aliphatic carbocycles. The van der Waals surface area contributed by atoms with Crippen LogP contribution in [0.5, 0.6) is 5.75 Å². The lowest BCUT2D eigenvalue weighted by molar-refractivity contribution is 0.131. The Bertz CT molecular complexity index is 628. The summed E-state index contributed by atoms with van der Waals surface area (Å²) in [5, 5.41) is 0. The molecule has 0 amide bonds. The Morgan fingerprint density at radius 1 is 0.897 bits per heavy atom. The second kappa shape index (κ2) is 10.8. The molecule has 164 valence electrons. The summed E-state index contributed by atoms with van der Waals surface area (Å²) >= 11 is 0. The molecule has 1 unspecified atom stereocenters. The molecule has 0 aromatic heterocycles. The van der Waals surface area contributed by atoms with Crippen molar-refractivity contribution in [2.75, 3.05) is 6.61 Å². The first kappa shape index (κ1) is 22.6. The van der Waals surface area contributed by atoms with E-state index < -0.39 is 11.6 Å². The molecule has 0 spiro atoms. The first-order chi connectivity index (χ1) is 14.0. The van der Waals surface area contributed by atoms with Gasteiger partial charge in [0.1, 0.15) is 0 Å². The predicted molar refractivity (Wildman–Crippen MR) is 116 cm³/mol. The molecule has 2 fully saturated rings. The van der Waals surface area contributed by atoms with E-state index in [1.807, 2.05) is 0 Å². The predicted octanol–water partition coefficient (Wildman–Crippen LogP) is 8.27. The Labute approximate surface area is 176 Å². The fourth-order valence-electron chi connectivity index (χ4n) is 5.97.